The standard InChI is InChI=1S/C21H18F3/c1-14-6-8-16(9-7-14)19-4-3-5-20(15(19)2)17-10-12-18(13-11-17)21(22,23)24/h4-13H,3H2,1-2H3. The predicted molar refractivity (Wildman–Crippen MR) is 92.1 cm³/mol. The van der Waals surface area contributed by atoms with Crippen molar-refractivity contribution in [3.63, 3.8) is 0 Å². The first-order valence-electron chi connectivity index (χ1n) is 7.85. The summed E-state index contributed by atoms with van der Waals surface area (Å²) < 4.78 is 38.2. The van der Waals surface area contributed by atoms with Crippen LogP contribution in [0.5, 0.6) is 0 Å². The summed E-state index contributed by atoms with van der Waals surface area (Å²) in [7, 11) is 0. The maximum Gasteiger partial charge on any atom is 0.416 e. The Bertz CT molecular complexity index is 788. The van der Waals surface area contributed by atoms with Crippen LogP contribution in [-0.2, 0) is 6.18 Å². The van der Waals surface area contributed by atoms with E-state index in [4.69, 9.17) is 0 Å². The minimum atomic E-state index is -4.30. The highest BCUT2D eigenvalue weighted by Gasteiger charge is 2.30. The number of benzene rings is 2. The van der Waals surface area contributed by atoms with Gasteiger partial charge in [0.25, 0.3) is 0 Å². The van der Waals surface area contributed by atoms with Crippen LogP contribution in [0.2, 0.25) is 0 Å². The molecule has 0 nitrogen and oxygen atoms in total. The Labute approximate surface area is 140 Å². The molecule has 3 rings (SSSR count). The third kappa shape index (κ3) is 3.30. The second-order valence-corrected chi connectivity index (χ2v) is 6.04. The van der Waals surface area contributed by atoms with E-state index in [-0.39, 0.29) is 0 Å². The summed E-state index contributed by atoms with van der Waals surface area (Å²) in [5.74, 6) is 0. The van der Waals surface area contributed by atoms with E-state index in [0.717, 1.165) is 46.4 Å². The van der Waals surface area contributed by atoms with Crippen LogP contribution in [0.1, 0.15) is 35.6 Å². The molecule has 2 aromatic rings. The zero-order valence-electron chi connectivity index (χ0n) is 13.6. The van der Waals surface area contributed by atoms with Gasteiger partial charge < -0.3 is 0 Å². The van der Waals surface area contributed by atoms with E-state index in [0.29, 0.717) is 0 Å². The summed E-state index contributed by atoms with van der Waals surface area (Å²) in [5, 5.41) is 0. The minimum absolute atomic E-state index is 0.616. The summed E-state index contributed by atoms with van der Waals surface area (Å²) in [5.41, 5.74) is 5.77. The second-order valence-electron chi connectivity index (χ2n) is 6.04. The molecule has 0 N–H and O–H groups in total. The van der Waals surface area contributed by atoms with E-state index in [1.807, 2.05) is 13.8 Å². The molecular weight excluding hydrogens is 309 g/mol. The van der Waals surface area contributed by atoms with Crippen molar-refractivity contribution in [3.05, 3.63) is 88.9 Å². The molecule has 0 amide bonds. The van der Waals surface area contributed by atoms with Gasteiger partial charge in [-0.2, -0.15) is 13.2 Å². The summed E-state index contributed by atoms with van der Waals surface area (Å²) in [4.78, 5) is 0. The maximum absolute atomic E-state index is 12.7. The van der Waals surface area contributed by atoms with E-state index < -0.39 is 11.7 Å². The van der Waals surface area contributed by atoms with Gasteiger partial charge in [-0.15, -0.1) is 0 Å². The van der Waals surface area contributed by atoms with Crippen LogP contribution in [0, 0.1) is 13.3 Å². The van der Waals surface area contributed by atoms with Crippen LogP contribution >= 0.6 is 0 Å². The number of hydrogen-bond acceptors (Lipinski definition) is 0. The van der Waals surface area contributed by atoms with Gasteiger partial charge in [-0.05, 0) is 66.7 Å². The molecule has 123 valence electrons. The quantitative estimate of drug-likeness (QED) is 0.592. The third-order valence-electron chi connectivity index (χ3n) is 4.34. The molecule has 0 spiro atoms. The Kier molecular flexibility index (Phi) is 4.35. The number of allylic oxidation sites excluding steroid dienone is 4. The van der Waals surface area contributed by atoms with E-state index in [1.165, 1.54) is 5.56 Å². The van der Waals surface area contributed by atoms with Gasteiger partial charge in [-0.1, -0.05) is 48.0 Å². The van der Waals surface area contributed by atoms with Gasteiger partial charge in [0.05, 0.1) is 5.56 Å². The maximum atomic E-state index is 12.7. The molecule has 0 fully saturated rings. The number of hydrogen-bond donors (Lipinski definition) is 0. The molecular formula is C21H18F3. The van der Waals surface area contributed by atoms with Crippen molar-refractivity contribution >= 4 is 11.1 Å². The molecule has 0 saturated carbocycles. The molecule has 1 aliphatic rings. The Morgan fingerprint density at radius 3 is 1.96 bits per heavy atom. The summed E-state index contributed by atoms with van der Waals surface area (Å²) in [6.45, 7) is 4.07. The number of halogens is 3. The van der Waals surface area contributed by atoms with Crippen LogP contribution in [0.25, 0.3) is 11.1 Å². The van der Waals surface area contributed by atoms with Gasteiger partial charge in [0, 0.05) is 0 Å². The monoisotopic (exact) mass is 327 g/mol. The molecule has 0 atom stereocenters. The summed E-state index contributed by atoms with van der Waals surface area (Å²) in [6, 6.07) is 13.7. The van der Waals surface area contributed by atoms with Crippen molar-refractivity contribution in [2.24, 2.45) is 0 Å². The van der Waals surface area contributed by atoms with Gasteiger partial charge in [0.15, 0.2) is 0 Å². The van der Waals surface area contributed by atoms with E-state index >= 15 is 0 Å². The summed E-state index contributed by atoms with van der Waals surface area (Å²) >= 11 is 0. The molecule has 3 heteroatoms. The van der Waals surface area contributed by atoms with Crippen molar-refractivity contribution in [3.8, 4) is 0 Å². The highest BCUT2D eigenvalue weighted by Crippen LogP contribution is 2.37. The van der Waals surface area contributed by atoms with Crippen LogP contribution < -0.4 is 0 Å². The topological polar surface area (TPSA) is 0 Å². The molecule has 2 aromatic carbocycles. The van der Waals surface area contributed by atoms with Crippen molar-refractivity contribution in [2.75, 3.05) is 0 Å². The first-order chi connectivity index (χ1) is 11.4. The zero-order chi connectivity index (χ0) is 17.3. The van der Waals surface area contributed by atoms with Crippen molar-refractivity contribution in [2.45, 2.75) is 26.4 Å². The van der Waals surface area contributed by atoms with Gasteiger partial charge >= 0.3 is 6.18 Å². The predicted octanol–water partition coefficient (Wildman–Crippen LogP) is 6.48. The molecule has 0 aliphatic heterocycles. The fourth-order valence-electron chi connectivity index (χ4n) is 2.99. The SMILES string of the molecule is CC1=C(c2ccc(C(F)(F)F)cc2)[CH]CC=C1c1ccc(C)cc1. The highest BCUT2D eigenvalue weighted by molar-refractivity contribution is 5.93. The van der Waals surface area contributed by atoms with Crippen LogP contribution in [0.15, 0.2) is 60.2 Å². The highest BCUT2D eigenvalue weighted by atomic mass is 19.4. The van der Waals surface area contributed by atoms with E-state index in [1.54, 1.807) is 12.1 Å². The van der Waals surface area contributed by atoms with Crippen molar-refractivity contribution < 1.29 is 13.2 Å². The Morgan fingerprint density at radius 2 is 1.38 bits per heavy atom. The van der Waals surface area contributed by atoms with Gasteiger partial charge in [0.2, 0.25) is 0 Å². The van der Waals surface area contributed by atoms with E-state index in [2.05, 4.69) is 36.8 Å². The second kappa shape index (κ2) is 6.31. The van der Waals surface area contributed by atoms with Gasteiger partial charge in [-0.3, -0.25) is 0 Å². The largest absolute Gasteiger partial charge is 0.416 e. The minimum Gasteiger partial charge on any atom is -0.166 e. The van der Waals surface area contributed by atoms with Crippen LogP contribution in [0.4, 0.5) is 13.2 Å². The van der Waals surface area contributed by atoms with Crippen molar-refractivity contribution in [1.82, 2.24) is 0 Å². The molecule has 0 saturated heterocycles. The molecule has 0 heterocycles. The smallest absolute Gasteiger partial charge is 0.166 e. The summed E-state index contributed by atoms with van der Waals surface area (Å²) in [6.07, 6.45) is 0.700. The number of rotatable bonds is 2. The lowest BCUT2D eigenvalue weighted by Crippen LogP contribution is -2.05. The molecule has 0 unspecified atom stereocenters. The Hall–Kier alpha value is -2.29. The fourth-order valence-corrected chi connectivity index (χ4v) is 2.99. The van der Waals surface area contributed by atoms with Crippen LogP contribution in [0.3, 0.4) is 0 Å². The molecule has 0 bridgehead atoms. The third-order valence-corrected chi connectivity index (χ3v) is 4.34. The number of aryl methyl sites for hydroxylation is 1. The van der Waals surface area contributed by atoms with E-state index in [9.17, 15) is 13.2 Å². The Balaban J connectivity index is 1.97. The average Bonchev–Trinajstić information content (AvgIpc) is 2.55. The molecule has 24 heavy (non-hydrogen) atoms. The molecule has 1 radical (unpaired) electrons. The number of alkyl halides is 3. The zero-order valence-corrected chi connectivity index (χ0v) is 13.6. The molecule has 1 aliphatic carbocycles. The lowest BCUT2D eigenvalue weighted by molar-refractivity contribution is -0.137. The average molecular weight is 327 g/mol. The lowest BCUT2D eigenvalue weighted by atomic mass is 9.84. The van der Waals surface area contributed by atoms with Gasteiger partial charge in [0.1, 0.15) is 0 Å². The molecule has 0 aromatic heterocycles. The van der Waals surface area contributed by atoms with Crippen LogP contribution in [-0.4, -0.2) is 0 Å². The normalized spacial score (nSPS) is 15.5. The lowest BCUT2D eigenvalue weighted by Gasteiger charge is -2.20. The Morgan fingerprint density at radius 1 is 0.792 bits per heavy atom. The first kappa shape index (κ1) is 16.6. The van der Waals surface area contributed by atoms with Crippen molar-refractivity contribution in [1.29, 1.82) is 0 Å². The van der Waals surface area contributed by atoms with Gasteiger partial charge in [-0.25, -0.2) is 0 Å². The first-order valence-corrected chi connectivity index (χ1v) is 7.85. The fraction of sp³-hybridized carbons (Fsp3) is 0.190.